The van der Waals surface area contributed by atoms with Crippen molar-refractivity contribution in [3.8, 4) is 0 Å². The van der Waals surface area contributed by atoms with E-state index in [1.54, 1.807) is 0 Å². The van der Waals surface area contributed by atoms with Gasteiger partial charge in [-0.15, -0.1) is 24.0 Å². The van der Waals surface area contributed by atoms with Gasteiger partial charge in [-0.05, 0) is 50.6 Å². The SMILES string of the molecule is CN=C(NCc1ccccc1CN(C)C)NCC1CCCOC1c1ccc(C)cc1.I. The molecule has 0 amide bonds. The fourth-order valence-corrected chi connectivity index (χ4v) is 4.03. The Morgan fingerprint density at radius 2 is 1.77 bits per heavy atom. The molecule has 2 unspecified atom stereocenters. The van der Waals surface area contributed by atoms with Gasteiger partial charge in [0.2, 0.25) is 0 Å². The molecule has 1 saturated heterocycles. The minimum atomic E-state index is 0. The monoisotopic (exact) mass is 536 g/mol. The maximum absolute atomic E-state index is 6.16. The minimum Gasteiger partial charge on any atom is -0.373 e. The zero-order valence-electron chi connectivity index (χ0n) is 19.2. The highest BCUT2D eigenvalue weighted by atomic mass is 127. The Bertz CT molecular complexity index is 823. The maximum atomic E-state index is 6.16. The fourth-order valence-electron chi connectivity index (χ4n) is 4.03. The van der Waals surface area contributed by atoms with Crippen molar-refractivity contribution in [3.05, 3.63) is 70.8 Å². The number of halogens is 1. The van der Waals surface area contributed by atoms with Crippen molar-refractivity contribution in [3.63, 3.8) is 0 Å². The summed E-state index contributed by atoms with van der Waals surface area (Å²) in [5.41, 5.74) is 5.19. The highest BCUT2D eigenvalue weighted by Gasteiger charge is 2.27. The van der Waals surface area contributed by atoms with E-state index in [1.165, 1.54) is 22.3 Å². The molecule has 0 radical (unpaired) electrons. The number of benzene rings is 2. The summed E-state index contributed by atoms with van der Waals surface area (Å²) >= 11 is 0. The molecule has 0 aromatic heterocycles. The third-order valence-electron chi connectivity index (χ3n) is 5.66. The van der Waals surface area contributed by atoms with Crippen LogP contribution < -0.4 is 10.6 Å². The topological polar surface area (TPSA) is 48.9 Å². The van der Waals surface area contributed by atoms with Crippen molar-refractivity contribution in [2.45, 2.75) is 39.0 Å². The Hall–Kier alpha value is -1.64. The van der Waals surface area contributed by atoms with Gasteiger partial charge in [-0.1, -0.05) is 54.1 Å². The average molecular weight is 537 g/mol. The van der Waals surface area contributed by atoms with Crippen LogP contribution in [0.25, 0.3) is 0 Å². The summed E-state index contributed by atoms with van der Waals surface area (Å²) in [5, 5.41) is 7.01. The molecule has 0 aliphatic carbocycles. The van der Waals surface area contributed by atoms with Crippen LogP contribution in [0.5, 0.6) is 0 Å². The smallest absolute Gasteiger partial charge is 0.191 e. The van der Waals surface area contributed by atoms with E-state index in [9.17, 15) is 0 Å². The summed E-state index contributed by atoms with van der Waals surface area (Å²) in [4.78, 5) is 6.63. The molecular formula is C25H37IN4O. The number of hydrogen-bond acceptors (Lipinski definition) is 3. The molecule has 1 aliphatic rings. The van der Waals surface area contributed by atoms with Crippen LogP contribution in [0, 0.1) is 12.8 Å². The number of guanidine groups is 1. The molecule has 0 spiro atoms. The van der Waals surface area contributed by atoms with Crippen LogP contribution >= 0.6 is 24.0 Å². The molecule has 6 heteroatoms. The Balaban J connectivity index is 0.00000341. The molecule has 31 heavy (non-hydrogen) atoms. The lowest BCUT2D eigenvalue weighted by molar-refractivity contribution is -0.0265. The number of nitrogens with one attached hydrogen (secondary N) is 2. The van der Waals surface area contributed by atoms with Crippen molar-refractivity contribution in [1.82, 2.24) is 15.5 Å². The summed E-state index contributed by atoms with van der Waals surface area (Å²) in [5.74, 6) is 1.27. The van der Waals surface area contributed by atoms with Crippen LogP contribution in [0.2, 0.25) is 0 Å². The van der Waals surface area contributed by atoms with Gasteiger partial charge < -0.3 is 20.3 Å². The predicted molar refractivity (Wildman–Crippen MR) is 140 cm³/mol. The second-order valence-electron chi connectivity index (χ2n) is 8.42. The summed E-state index contributed by atoms with van der Waals surface area (Å²) in [7, 11) is 6.03. The zero-order chi connectivity index (χ0) is 21.3. The maximum Gasteiger partial charge on any atom is 0.191 e. The van der Waals surface area contributed by atoms with Gasteiger partial charge in [0.1, 0.15) is 0 Å². The van der Waals surface area contributed by atoms with Gasteiger partial charge in [-0.25, -0.2) is 0 Å². The number of aliphatic imine (C=N–C) groups is 1. The van der Waals surface area contributed by atoms with Gasteiger partial charge in [-0.2, -0.15) is 0 Å². The van der Waals surface area contributed by atoms with Crippen LogP contribution in [0.1, 0.15) is 41.2 Å². The molecule has 2 aromatic carbocycles. The largest absolute Gasteiger partial charge is 0.373 e. The molecule has 0 bridgehead atoms. The number of hydrogen-bond donors (Lipinski definition) is 2. The summed E-state index contributed by atoms with van der Waals surface area (Å²) in [6, 6.07) is 17.3. The van der Waals surface area contributed by atoms with Gasteiger partial charge in [0.25, 0.3) is 0 Å². The van der Waals surface area contributed by atoms with Crippen LogP contribution in [0.3, 0.4) is 0 Å². The van der Waals surface area contributed by atoms with Gasteiger partial charge in [-0.3, -0.25) is 4.99 Å². The van der Waals surface area contributed by atoms with Crippen LogP contribution in [0.4, 0.5) is 0 Å². The van der Waals surface area contributed by atoms with Crippen molar-refractivity contribution in [1.29, 1.82) is 0 Å². The molecule has 2 atom stereocenters. The van der Waals surface area contributed by atoms with Gasteiger partial charge in [0, 0.05) is 39.2 Å². The van der Waals surface area contributed by atoms with E-state index < -0.39 is 0 Å². The first-order valence-electron chi connectivity index (χ1n) is 10.9. The Morgan fingerprint density at radius 1 is 1.06 bits per heavy atom. The standard InChI is InChI=1S/C25H36N4O.HI/c1-19-11-13-20(14-12-19)24-22(10-7-15-30-24)17-28-25(26-2)27-16-21-8-5-6-9-23(21)18-29(3)4;/h5-6,8-9,11-14,22,24H,7,10,15-18H2,1-4H3,(H2,26,27,28);1H. The molecule has 2 N–H and O–H groups in total. The lowest BCUT2D eigenvalue weighted by Gasteiger charge is -2.32. The second-order valence-corrected chi connectivity index (χ2v) is 8.42. The minimum absolute atomic E-state index is 0. The van der Waals surface area contributed by atoms with Crippen LogP contribution in [-0.2, 0) is 17.8 Å². The van der Waals surface area contributed by atoms with Crippen molar-refractivity contribution < 1.29 is 4.74 Å². The van der Waals surface area contributed by atoms with Crippen molar-refractivity contribution in [2.24, 2.45) is 10.9 Å². The quantitative estimate of drug-likeness (QED) is 0.311. The first kappa shape index (κ1) is 25.6. The van der Waals surface area contributed by atoms with Crippen molar-refractivity contribution in [2.75, 3.05) is 34.3 Å². The van der Waals surface area contributed by atoms with Gasteiger partial charge in [0.05, 0.1) is 6.10 Å². The molecule has 3 rings (SSSR count). The normalized spacial score (nSPS) is 19.1. The first-order chi connectivity index (χ1) is 14.6. The van der Waals surface area contributed by atoms with E-state index in [1.807, 2.05) is 7.05 Å². The van der Waals surface area contributed by atoms with Crippen molar-refractivity contribution >= 4 is 29.9 Å². The molecule has 170 valence electrons. The molecular weight excluding hydrogens is 499 g/mol. The summed E-state index contributed by atoms with van der Waals surface area (Å²) < 4.78 is 6.16. The Morgan fingerprint density at radius 3 is 2.45 bits per heavy atom. The predicted octanol–water partition coefficient (Wildman–Crippen LogP) is 4.51. The molecule has 1 heterocycles. The lowest BCUT2D eigenvalue weighted by Crippen LogP contribution is -2.41. The zero-order valence-corrected chi connectivity index (χ0v) is 21.6. The van der Waals surface area contributed by atoms with E-state index in [2.05, 4.69) is 90.1 Å². The third-order valence-corrected chi connectivity index (χ3v) is 5.66. The molecule has 1 aliphatic heterocycles. The first-order valence-corrected chi connectivity index (χ1v) is 10.9. The summed E-state index contributed by atoms with van der Waals surface area (Å²) in [6.07, 6.45) is 2.41. The Labute approximate surface area is 204 Å². The number of rotatable bonds is 7. The van der Waals surface area contributed by atoms with Gasteiger partial charge >= 0.3 is 0 Å². The van der Waals surface area contributed by atoms with Crippen LogP contribution in [0.15, 0.2) is 53.5 Å². The number of ether oxygens (including phenoxy) is 1. The summed E-state index contributed by atoms with van der Waals surface area (Å²) in [6.45, 7) is 5.49. The lowest BCUT2D eigenvalue weighted by atomic mass is 9.89. The molecule has 1 fully saturated rings. The Kier molecular flexibility index (Phi) is 10.8. The third kappa shape index (κ3) is 7.77. The molecule has 0 saturated carbocycles. The van der Waals surface area contributed by atoms with E-state index in [0.29, 0.717) is 5.92 Å². The fraction of sp³-hybridized carbons (Fsp3) is 0.480. The highest BCUT2D eigenvalue weighted by Crippen LogP contribution is 2.33. The molecule has 2 aromatic rings. The highest BCUT2D eigenvalue weighted by molar-refractivity contribution is 14.0. The van der Waals surface area contributed by atoms with E-state index in [0.717, 1.165) is 45.0 Å². The number of aryl methyl sites for hydroxylation is 1. The van der Waals surface area contributed by atoms with Gasteiger partial charge in [0.15, 0.2) is 5.96 Å². The molecule has 5 nitrogen and oxygen atoms in total. The van der Waals surface area contributed by atoms with Crippen LogP contribution in [-0.4, -0.2) is 45.2 Å². The van der Waals surface area contributed by atoms with E-state index in [4.69, 9.17) is 4.74 Å². The number of nitrogens with zero attached hydrogens (tertiary/aromatic N) is 2. The van der Waals surface area contributed by atoms with E-state index >= 15 is 0 Å². The average Bonchev–Trinajstić information content (AvgIpc) is 2.75. The van der Waals surface area contributed by atoms with E-state index in [-0.39, 0.29) is 30.1 Å². The second kappa shape index (κ2) is 13.0.